The number of rotatable bonds is 4. The van der Waals surface area contributed by atoms with Crippen molar-refractivity contribution < 1.29 is 4.79 Å². The molecule has 0 unspecified atom stereocenters. The molecule has 2 fully saturated rings. The summed E-state index contributed by atoms with van der Waals surface area (Å²) >= 11 is 0. The molecule has 3 rings (SSSR count). The van der Waals surface area contributed by atoms with Gasteiger partial charge < -0.3 is 15.1 Å². The van der Waals surface area contributed by atoms with Crippen LogP contribution in [0.25, 0.3) is 0 Å². The monoisotopic (exact) mass is 355 g/mol. The highest BCUT2D eigenvalue weighted by atomic mass is 16.2. The Kier molecular flexibility index (Phi) is 5.16. The number of allylic oxidation sites excluding steroid dienone is 2. The summed E-state index contributed by atoms with van der Waals surface area (Å²) in [6, 6.07) is 6.40. The number of carbonyl (C=O) groups excluding carboxylic acids is 1. The van der Waals surface area contributed by atoms with Gasteiger partial charge >= 0.3 is 0 Å². The number of anilines is 2. The van der Waals surface area contributed by atoms with Crippen molar-refractivity contribution in [3.05, 3.63) is 35.4 Å². The molecule has 4 nitrogen and oxygen atoms in total. The van der Waals surface area contributed by atoms with Crippen LogP contribution in [0.2, 0.25) is 0 Å². The second kappa shape index (κ2) is 7.07. The van der Waals surface area contributed by atoms with E-state index in [1.54, 1.807) is 0 Å². The first kappa shape index (κ1) is 19.0. The summed E-state index contributed by atoms with van der Waals surface area (Å²) < 4.78 is 0. The Labute approximate surface area is 158 Å². The number of nitrogens with zero attached hydrogens (tertiary/aromatic N) is 2. The predicted molar refractivity (Wildman–Crippen MR) is 110 cm³/mol. The van der Waals surface area contributed by atoms with Gasteiger partial charge in [0.2, 0.25) is 5.91 Å². The molecule has 1 saturated heterocycles. The third-order valence-electron chi connectivity index (χ3n) is 6.04. The van der Waals surface area contributed by atoms with E-state index in [9.17, 15) is 4.79 Å². The van der Waals surface area contributed by atoms with E-state index in [1.165, 1.54) is 11.3 Å². The number of carbonyl (C=O) groups is 1. The fourth-order valence-corrected chi connectivity index (χ4v) is 4.11. The molecular weight excluding hydrogens is 322 g/mol. The molecule has 1 aromatic carbocycles. The highest BCUT2D eigenvalue weighted by Gasteiger charge is 2.60. The van der Waals surface area contributed by atoms with Crippen LogP contribution in [0.1, 0.15) is 33.3 Å². The number of amides is 1. The molecule has 0 radical (unpaired) electrons. The number of likely N-dealkylation sites (N-methyl/N-ethyl adjacent to an activating group) is 1. The third kappa shape index (κ3) is 3.80. The van der Waals surface area contributed by atoms with E-state index in [2.05, 4.69) is 81.1 Å². The molecule has 2 atom stereocenters. The first-order valence-electron chi connectivity index (χ1n) is 9.70. The minimum atomic E-state index is 0.0506. The minimum Gasteiger partial charge on any atom is -0.369 e. The molecule has 1 heterocycles. The lowest BCUT2D eigenvalue weighted by Crippen LogP contribution is -2.44. The van der Waals surface area contributed by atoms with Crippen LogP contribution in [0, 0.1) is 24.2 Å². The zero-order valence-corrected chi connectivity index (χ0v) is 17.1. The maximum Gasteiger partial charge on any atom is 0.228 e. The Morgan fingerprint density at radius 2 is 1.85 bits per heavy atom. The lowest BCUT2D eigenvalue weighted by atomic mass is 10.1. The average Bonchev–Trinajstić information content (AvgIpc) is 3.09. The van der Waals surface area contributed by atoms with Gasteiger partial charge in [-0.1, -0.05) is 25.5 Å². The third-order valence-corrected chi connectivity index (χ3v) is 6.04. The summed E-state index contributed by atoms with van der Waals surface area (Å²) in [6.07, 6.45) is 2.24. The number of hydrogen-bond donors (Lipinski definition) is 1. The second-order valence-electron chi connectivity index (χ2n) is 8.85. The van der Waals surface area contributed by atoms with Gasteiger partial charge in [-0.05, 0) is 62.9 Å². The molecule has 4 heteroatoms. The molecule has 1 aromatic rings. The molecule has 1 N–H and O–H groups in total. The van der Waals surface area contributed by atoms with Crippen molar-refractivity contribution >= 4 is 17.3 Å². The van der Waals surface area contributed by atoms with E-state index in [0.717, 1.165) is 37.4 Å². The summed E-state index contributed by atoms with van der Waals surface area (Å²) in [5.74, 6) is 0.555. The van der Waals surface area contributed by atoms with Crippen molar-refractivity contribution in [2.75, 3.05) is 43.4 Å². The zero-order chi connectivity index (χ0) is 19.1. The molecular formula is C22H33N3O. The van der Waals surface area contributed by atoms with E-state index in [4.69, 9.17) is 0 Å². The number of nitrogens with one attached hydrogen (secondary N) is 1. The Balaban J connectivity index is 1.67. The van der Waals surface area contributed by atoms with Gasteiger partial charge in [0.1, 0.15) is 0 Å². The standard InChI is InChI=1S/C22H33N3O/c1-15(2)13-18-20(22(18,4)5)21(26)23-19-8-7-17(14-16(19)3)25-11-9-24(6)10-12-25/h7-8,13-14,18,20H,9-12H2,1-6H3,(H,23,26)/t18-,20-/m1/s1. The summed E-state index contributed by atoms with van der Waals surface area (Å²) in [4.78, 5) is 17.6. The van der Waals surface area contributed by atoms with Crippen LogP contribution in [0.3, 0.4) is 0 Å². The fourth-order valence-electron chi connectivity index (χ4n) is 4.11. The normalized spacial score (nSPS) is 24.9. The van der Waals surface area contributed by atoms with E-state index >= 15 is 0 Å². The van der Waals surface area contributed by atoms with Crippen LogP contribution < -0.4 is 10.2 Å². The topological polar surface area (TPSA) is 35.6 Å². The van der Waals surface area contributed by atoms with Gasteiger partial charge in [-0.15, -0.1) is 0 Å². The summed E-state index contributed by atoms with van der Waals surface area (Å²) in [5, 5.41) is 3.17. The first-order valence-corrected chi connectivity index (χ1v) is 9.70. The maximum absolute atomic E-state index is 12.8. The molecule has 1 aliphatic carbocycles. The molecule has 0 aromatic heterocycles. The van der Waals surface area contributed by atoms with Crippen molar-refractivity contribution in [2.45, 2.75) is 34.6 Å². The summed E-state index contributed by atoms with van der Waals surface area (Å²) in [7, 11) is 2.17. The second-order valence-corrected chi connectivity index (χ2v) is 8.85. The van der Waals surface area contributed by atoms with Gasteiger partial charge in [0, 0.05) is 37.6 Å². The molecule has 0 spiro atoms. The van der Waals surface area contributed by atoms with Gasteiger partial charge in [0.15, 0.2) is 0 Å². The molecule has 2 aliphatic rings. The molecule has 1 amide bonds. The highest BCUT2D eigenvalue weighted by Crippen LogP contribution is 2.59. The molecule has 26 heavy (non-hydrogen) atoms. The van der Waals surface area contributed by atoms with Crippen LogP contribution in [-0.4, -0.2) is 44.0 Å². The van der Waals surface area contributed by atoms with Crippen LogP contribution >= 0.6 is 0 Å². The Bertz CT molecular complexity index is 710. The molecule has 1 aliphatic heterocycles. The lowest BCUT2D eigenvalue weighted by Gasteiger charge is -2.34. The van der Waals surface area contributed by atoms with Crippen molar-refractivity contribution in [1.82, 2.24) is 4.90 Å². The Morgan fingerprint density at radius 3 is 2.42 bits per heavy atom. The number of piperazine rings is 1. The van der Waals surface area contributed by atoms with Crippen LogP contribution in [0.5, 0.6) is 0 Å². The molecule has 0 bridgehead atoms. The van der Waals surface area contributed by atoms with Gasteiger partial charge in [0.05, 0.1) is 5.92 Å². The fraction of sp³-hybridized carbons (Fsp3) is 0.591. The number of hydrogen-bond acceptors (Lipinski definition) is 3. The largest absolute Gasteiger partial charge is 0.369 e. The minimum absolute atomic E-state index is 0.0506. The Morgan fingerprint density at radius 1 is 1.19 bits per heavy atom. The predicted octanol–water partition coefficient (Wildman–Crippen LogP) is 3.92. The lowest BCUT2D eigenvalue weighted by molar-refractivity contribution is -0.118. The molecule has 142 valence electrons. The zero-order valence-electron chi connectivity index (χ0n) is 17.1. The van der Waals surface area contributed by atoms with Crippen molar-refractivity contribution in [3.8, 4) is 0 Å². The van der Waals surface area contributed by atoms with Crippen LogP contribution in [0.4, 0.5) is 11.4 Å². The van der Waals surface area contributed by atoms with Crippen LogP contribution in [-0.2, 0) is 4.79 Å². The van der Waals surface area contributed by atoms with E-state index < -0.39 is 0 Å². The highest BCUT2D eigenvalue weighted by molar-refractivity contribution is 5.96. The number of aryl methyl sites for hydroxylation is 1. The van der Waals surface area contributed by atoms with Crippen molar-refractivity contribution in [3.63, 3.8) is 0 Å². The Hall–Kier alpha value is -1.81. The van der Waals surface area contributed by atoms with Crippen LogP contribution in [0.15, 0.2) is 29.8 Å². The number of benzene rings is 1. The van der Waals surface area contributed by atoms with Gasteiger partial charge in [0.25, 0.3) is 0 Å². The molecule has 1 saturated carbocycles. The smallest absolute Gasteiger partial charge is 0.228 e. The van der Waals surface area contributed by atoms with E-state index in [0.29, 0.717) is 5.92 Å². The van der Waals surface area contributed by atoms with Crippen molar-refractivity contribution in [2.24, 2.45) is 17.3 Å². The van der Waals surface area contributed by atoms with E-state index in [1.807, 2.05) is 0 Å². The quantitative estimate of drug-likeness (QED) is 0.832. The summed E-state index contributed by atoms with van der Waals surface area (Å²) in [6.45, 7) is 15.0. The first-order chi connectivity index (χ1) is 12.2. The van der Waals surface area contributed by atoms with Gasteiger partial charge in [-0.3, -0.25) is 4.79 Å². The summed E-state index contributed by atoms with van der Waals surface area (Å²) in [5.41, 5.74) is 4.65. The van der Waals surface area contributed by atoms with E-state index in [-0.39, 0.29) is 17.2 Å². The SMILES string of the molecule is CC(C)=C[C@@H]1[C@H](C(=O)Nc2ccc(N3CCN(C)CC3)cc2C)C1(C)C. The maximum atomic E-state index is 12.8. The average molecular weight is 356 g/mol. The van der Waals surface area contributed by atoms with Gasteiger partial charge in [-0.25, -0.2) is 0 Å². The van der Waals surface area contributed by atoms with Gasteiger partial charge in [-0.2, -0.15) is 0 Å². The van der Waals surface area contributed by atoms with Crippen molar-refractivity contribution in [1.29, 1.82) is 0 Å².